The first-order valence-electron chi connectivity index (χ1n) is 5.91. The molecule has 0 amide bonds. The molecule has 1 heterocycles. The second kappa shape index (κ2) is 5.58. The third-order valence-electron chi connectivity index (χ3n) is 2.68. The molecular formula is C12H9BrF4O5. The summed E-state index contributed by atoms with van der Waals surface area (Å²) < 4.78 is 64.7. The van der Waals surface area contributed by atoms with Crippen molar-refractivity contribution in [1.82, 2.24) is 0 Å². The summed E-state index contributed by atoms with van der Waals surface area (Å²) in [6, 6.07) is 1.68. The lowest BCUT2D eigenvalue weighted by Crippen LogP contribution is -2.52. The van der Waals surface area contributed by atoms with E-state index in [4.69, 9.17) is 0 Å². The van der Waals surface area contributed by atoms with Gasteiger partial charge in [0.25, 0.3) is 0 Å². The summed E-state index contributed by atoms with van der Waals surface area (Å²) in [5.74, 6) is -2.43. The van der Waals surface area contributed by atoms with E-state index in [2.05, 4.69) is 30.1 Å². The van der Waals surface area contributed by atoms with Gasteiger partial charge in [0.2, 0.25) is 0 Å². The Bertz CT molecular complexity index is 607. The molecule has 1 aliphatic rings. The number of fused-ring (bicyclic) bond motifs is 1. The molecule has 5 nitrogen and oxygen atoms in total. The minimum atomic E-state index is -4.89. The fourth-order valence-electron chi connectivity index (χ4n) is 1.66. The second-order valence-corrected chi connectivity index (χ2v) is 5.07. The Kier molecular flexibility index (Phi) is 4.26. The average Bonchev–Trinajstić information content (AvgIpc) is 2.39. The zero-order valence-corrected chi connectivity index (χ0v) is 12.5. The molecule has 1 aliphatic heterocycles. The number of carbonyl (C=O) groups is 1. The van der Waals surface area contributed by atoms with Gasteiger partial charge in [-0.25, -0.2) is 4.79 Å². The van der Waals surface area contributed by atoms with E-state index in [-0.39, 0.29) is 16.6 Å². The van der Waals surface area contributed by atoms with E-state index in [9.17, 15) is 27.5 Å². The number of alkyl halides is 4. The molecule has 1 atom stereocenters. The first kappa shape index (κ1) is 16.8. The smallest absolute Gasteiger partial charge is 0.464 e. The van der Waals surface area contributed by atoms with Crippen molar-refractivity contribution in [3.63, 3.8) is 0 Å². The van der Waals surface area contributed by atoms with Gasteiger partial charge in [-0.2, -0.15) is 17.6 Å². The van der Waals surface area contributed by atoms with E-state index in [1.54, 1.807) is 0 Å². The predicted octanol–water partition coefficient (Wildman–Crippen LogP) is 3.00. The van der Waals surface area contributed by atoms with E-state index in [0.717, 1.165) is 12.1 Å². The molecule has 1 N–H and O–H groups in total. The molecule has 0 radical (unpaired) electrons. The van der Waals surface area contributed by atoms with Crippen LogP contribution < -0.4 is 9.47 Å². The molecule has 0 saturated heterocycles. The van der Waals surface area contributed by atoms with Crippen LogP contribution in [0, 0.1) is 0 Å². The number of rotatable bonds is 3. The van der Waals surface area contributed by atoms with E-state index in [0.29, 0.717) is 0 Å². The summed E-state index contributed by atoms with van der Waals surface area (Å²) in [5.41, 5.74) is -0.193. The molecule has 0 bridgehead atoms. The number of aliphatic hydroxyl groups is 1. The van der Waals surface area contributed by atoms with Gasteiger partial charge >= 0.3 is 18.2 Å². The lowest BCUT2D eigenvalue weighted by atomic mass is 10.1. The van der Waals surface area contributed by atoms with Gasteiger partial charge in [-0.1, -0.05) is 15.9 Å². The Morgan fingerprint density at radius 2 is 1.77 bits per heavy atom. The number of hydrogen-bond donors (Lipinski definition) is 1. The fraction of sp³-hybridized carbons (Fsp3) is 0.417. The Morgan fingerprint density at radius 3 is 2.27 bits per heavy atom. The maximum Gasteiger partial charge on any atom is 0.507 e. The van der Waals surface area contributed by atoms with Gasteiger partial charge in [-0.05, 0) is 19.1 Å². The number of benzene rings is 1. The van der Waals surface area contributed by atoms with Crippen LogP contribution in [0.3, 0.4) is 0 Å². The number of carbonyl (C=O) groups excluding carboxylic acids is 1. The van der Waals surface area contributed by atoms with Gasteiger partial charge in [0.15, 0.2) is 17.6 Å². The van der Waals surface area contributed by atoms with Crippen LogP contribution >= 0.6 is 15.9 Å². The highest BCUT2D eigenvalue weighted by Crippen LogP contribution is 2.49. The van der Waals surface area contributed by atoms with E-state index in [1.807, 2.05) is 0 Å². The quantitative estimate of drug-likeness (QED) is 0.636. The Labute approximate surface area is 129 Å². The largest absolute Gasteiger partial charge is 0.507 e. The molecule has 1 aromatic carbocycles. The molecule has 2 rings (SSSR count). The molecular weight excluding hydrogens is 380 g/mol. The lowest BCUT2D eigenvalue weighted by Gasteiger charge is -2.32. The highest BCUT2D eigenvalue weighted by Gasteiger charge is 2.66. The third-order valence-corrected chi connectivity index (χ3v) is 3.37. The summed E-state index contributed by atoms with van der Waals surface area (Å²) in [6.45, 7) is 1.49. The zero-order valence-electron chi connectivity index (χ0n) is 10.9. The normalized spacial score (nSPS) is 19.4. The van der Waals surface area contributed by atoms with Crippen LogP contribution in [0.15, 0.2) is 16.6 Å². The van der Waals surface area contributed by atoms with Crippen LogP contribution in [0.5, 0.6) is 11.5 Å². The predicted molar refractivity (Wildman–Crippen MR) is 66.9 cm³/mol. The van der Waals surface area contributed by atoms with Gasteiger partial charge in [0, 0.05) is 10.0 Å². The minimum absolute atomic E-state index is 0.0115. The van der Waals surface area contributed by atoms with Crippen molar-refractivity contribution in [2.75, 3.05) is 6.61 Å². The molecule has 1 aromatic rings. The molecule has 0 fully saturated rings. The maximum absolute atomic E-state index is 13.1. The van der Waals surface area contributed by atoms with Crippen molar-refractivity contribution in [3.8, 4) is 11.5 Å². The van der Waals surface area contributed by atoms with Gasteiger partial charge in [-0.15, -0.1) is 0 Å². The molecule has 0 saturated carbocycles. The first-order chi connectivity index (χ1) is 10.1. The SMILES string of the molecule is CCOC(=O)C(O)c1cc2c(cc1Br)OC(F)(F)C(F)(F)O2. The Morgan fingerprint density at radius 1 is 1.27 bits per heavy atom. The van der Waals surface area contributed by atoms with Gasteiger partial charge in [0.1, 0.15) is 0 Å². The van der Waals surface area contributed by atoms with Crippen LogP contribution in [-0.2, 0) is 9.53 Å². The monoisotopic (exact) mass is 388 g/mol. The molecule has 0 aromatic heterocycles. The van der Waals surface area contributed by atoms with Crippen LogP contribution in [0.1, 0.15) is 18.6 Å². The number of aliphatic hydroxyl groups excluding tert-OH is 1. The highest BCUT2D eigenvalue weighted by molar-refractivity contribution is 9.10. The number of esters is 1. The topological polar surface area (TPSA) is 65.0 Å². The van der Waals surface area contributed by atoms with Crippen LogP contribution in [0.2, 0.25) is 0 Å². The number of hydrogen-bond acceptors (Lipinski definition) is 5. The van der Waals surface area contributed by atoms with Gasteiger partial charge in [-0.3, -0.25) is 0 Å². The zero-order chi connectivity index (χ0) is 16.7. The molecule has 10 heteroatoms. The third kappa shape index (κ3) is 2.84. The molecule has 0 aliphatic carbocycles. The van der Waals surface area contributed by atoms with Gasteiger partial charge in [0.05, 0.1) is 6.61 Å². The number of halogens is 5. The summed E-state index contributed by atoms with van der Waals surface area (Å²) in [7, 11) is 0. The maximum atomic E-state index is 13.1. The standard InChI is InChI=1S/C12H9BrF4O5/c1-2-20-10(19)9(18)5-3-7-8(4-6(5)13)22-12(16,17)11(14,15)21-7/h3-4,9,18H,2H2,1H3. The average molecular weight is 389 g/mol. The van der Waals surface area contributed by atoms with E-state index in [1.165, 1.54) is 6.92 Å². The van der Waals surface area contributed by atoms with Crippen LogP contribution in [0.25, 0.3) is 0 Å². The van der Waals surface area contributed by atoms with Crippen molar-refractivity contribution in [3.05, 3.63) is 22.2 Å². The van der Waals surface area contributed by atoms with Crippen LogP contribution in [-0.4, -0.2) is 29.9 Å². The van der Waals surface area contributed by atoms with Crippen molar-refractivity contribution in [1.29, 1.82) is 0 Å². The summed E-state index contributed by atoms with van der Waals surface area (Å²) in [6.07, 6.45) is -11.5. The van der Waals surface area contributed by atoms with Crippen molar-refractivity contribution in [2.45, 2.75) is 25.2 Å². The van der Waals surface area contributed by atoms with E-state index >= 15 is 0 Å². The van der Waals surface area contributed by atoms with Crippen LogP contribution in [0.4, 0.5) is 17.6 Å². The van der Waals surface area contributed by atoms with Gasteiger partial charge < -0.3 is 19.3 Å². The Hall–Kier alpha value is -1.55. The molecule has 0 spiro atoms. The van der Waals surface area contributed by atoms with Crippen molar-refractivity contribution < 1.29 is 41.7 Å². The highest BCUT2D eigenvalue weighted by atomic mass is 79.9. The summed E-state index contributed by atoms with van der Waals surface area (Å²) in [4.78, 5) is 11.5. The Balaban J connectivity index is 2.41. The second-order valence-electron chi connectivity index (χ2n) is 4.21. The van der Waals surface area contributed by atoms with E-state index < -0.39 is 35.8 Å². The molecule has 22 heavy (non-hydrogen) atoms. The lowest BCUT2D eigenvalue weighted by molar-refractivity contribution is -0.391. The molecule has 1 unspecified atom stereocenters. The number of ether oxygens (including phenoxy) is 3. The van der Waals surface area contributed by atoms with Crippen molar-refractivity contribution in [2.24, 2.45) is 0 Å². The fourth-order valence-corrected chi connectivity index (χ4v) is 2.20. The summed E-state index contributed by atoms with van der Waals surface area (Å²) in [5, 5.41) is 9.80. The first-order valence-corrected chi connectivity index (χ1v) is 6.70. The minimum Gasteiger partial charge on any atom is -0.464 e. The van der Waals surface area contributed by atoms with Crippen molar-refractivity contribution >= 4 is 21.9 Å². The summed E-state index contributed by atoms with van der Waals surface area (Å²) >= 11 is 2.93. The molecule has 122 valence electrons.